The van der Waals surface area contributed by atoms with Crippen molar-refractivity contribution >= 4 is 33.2 Å². The smallest absolute Gasteiger partial charge is 0.416 e. The highest BCUT2D eigenvalue weighted by Gasteiger charge is 2.35. The van der Waals surface area contributed by atoms with Crippen LogP contribution in [0.5, 0.6) is 11.5 Å². The van der Waals surface area contributed by atoms with Gasteiger partial charge in [0, 0.05) is 22.3 Å². The van der Waals surface area contributed by atoms with Crippen LogP contribution in [0.3, 0.4) is 0 Å². The molecule has 13 heteroatoms. The molecule has 1 amide bonds. The van der Waals surface area contributed by atoms with Gasteiger partial charge in [-0.05, 0) is 42.0 Å². The SMILES string of the molecule is COc1ccc(S(=O)(=O)NCC(=O)Nc2ccc(Cl)cc2C(O)c2ccccc2C(F)(F)F)cc1OC. The van der Waals surface area contributed by atoms with Crippen molar-refractivity contribution in [3.8, 4) is 11.5 Å². The van der Waals surface area contributed by atoms with E-state index in [1.54, 1.807) is 0 Å². The molecule has 3 rings (SSSR count). The van der Waals surface area contributed by atoms with E-state index in [9.17, 15) is 31.5 Å². The summed E-state index contributed by atoms with van der Waals surface area (Å²) >= 11 is 5.99. The van der Waals surface area contributed by atoms with E-state index >= 15 is 0 Å². The van der Waals surface area contributed by atoms with Gasteiger partial charge in [0.2, 0.25) is 15.9 Å². The second kappa shape index (κ2) is 11.4. The van der Waals surface area contributed by atoms with Crippen molar-refractivity contribution in [2.45, 2.75) is 17.2 Å². The number of hydrogen-bond donors (Lipinski definition) is 3. The number of aliphatic hydroxyl groups is 1. The highest BCUT2D eigenvalue weighted by Crippen LogP contribution is 2.39. The highest BCUT2D eigenvalue weighted by molar-refractivity contribution is 7.89. The molecule has 0 bridgehead atoms. The summed E-state index contributed by atoms with van der Waals surface area (Å²) in [5.41, 5.74) is -1.66. The zero-order valence-corrected chi connectivity index (χ0v) is 21.0. The Hall–Kier alpha value is -3.32. The van der Waals surface area contributed by atoms with Gasteiger partial charge in [-0.3, -0.25) is 4.79 Å². The van der Waals surface area contributed by atoms with Crippen molar-refractivity contribution < 1.29 is 41.0 Å². The average Bonchev–Trinajstić information content (AvgIpc) is 2.87. The summed E-state index contributed by atoms with van der Waals surface area (Å²) in [4.78, 5) is 12.4. The first-order valence-electron chi connectivity index (χ1n) is 10.5. The van der Waals surface area contributed by atoms with Gasteiger partial charge < -0.3 is 19.9 Å². The zero-order chi connectivity index (χ0) is 27.4. The van der Waals surface area contributed by atoms with E-state index in [0.29, 0.717) is 5.75 Å². The Morgan fingerprint density at radius 2 is 1.68 bits per heavy atom. The lowest BCUT2D eigenvalue weighted by atomic mass is 9.95. The van der Waals surface area contributed by atoms with Crippen molar-refractivity contribution in [1.29, 1.82) is 0 Å². The highest BCUT2D eigenvalue weighted by atomic mass is 35.5. The number of methoxy groups -OCH3 is 2. The molecular formula is C24H22ClF3N2O6S. The maximum atomic E-state index is 13.5. The van der Waals surface area contributed by atoms with Crippen LogP contribution in [0.4, 0.5) is 18.9 Å². The van der Waals surface area contributed by atoms with Crippen LogP contribution in [0, 0.1) is 0 Å². The number of ether oxygens (including phenoxy) is 2. The molecule has 0 aromatic heterocycles. The van der Waals surface area contributed by atoms with Crippen molar-refractivity contribution in [3.05, 3.63) is 82.4 Å². The average molecular weight is 559 g/mol. The first kappa shape index (κ1) is 28.3. The number of nitrogens with one attached hydrogen (secondary N) is 2. The number of alkyl halides is 3. The van der Waals surface area contributed by atoms with E-state index in [1.807, 2.05) is 0 Å². The summed E-state index contributed by atoms with van der Waals surface area (Å²) in [6, 6.07) is 12.2. The van der Waals surface area contributed by atoms with Gasteiger partial charge >= 0.3 is 6.18 Å². The summed E-state index contributed by atoms with van der Waals surface area (Å²) in [5, 5.41) is 13.3. The molecule has 3 aromatic rings. The van der Waals surface area contributed by atoms with E-state index in [-0.39, 0.29) is 26.9 Å². The normalized spacial score (nSPS) is 12.6. The van der Waals surface area contributed by atoms with Crippen LogP contribution in [0.15, 0.2) is 65.6 Å². The van der Waals surface area contributed by atoms with Gasteiger partial charge in [-0.25, -0.2) is 13.1 Å². The van der Waals surface area contributed by atoms with Crippen molar-refractivity contribution in [1.82, 2.24) is 4.72 Å². The topological polar surface area (TPSA) is 114 Å². The molecule has 3 aromatic carbocycles. The maximum Gasteiger partial charge on any atom is 0.416 e. The second-order valence-electron chi connectivity index (χ2n) is 7.61. The molecule has 0 aliphatic rings. The van der Waals surface area contributed by atoms with E-state index in [0.717, 1.165) is 12.1 Å². The minimum Gasteiger partial charge on any atom is -0.493 e. The molecule has 0 saturated heterocycles. The molecule has 3 N–H and O–H groups in total. The first-order chi connectivity index (χ1) is 17.4. The van der Waals surface area contributed by atoms with Gasteiger partial charge in [0.05, 0.1) is 31.2 Å². The Bertz CT molecular complexity index is 1400. The Balaban J connectivity index is 1.81. The molecule has 0 spiro atoms. The number of aliphatic hydroxyl groups excluding tert-OH is 1. The molecular weight excluding hydrogens is 537 g/mol. The maximum absolute atomic E-state index is 13.5. The Morgan fingerprint density at radius 3 is 2.32 bits per heavy atom. The van der Waals surface area contributed by atoms with Gasteiger partial charge in [0.25, 0.3) is 0 Å². The summed E-state index contributed by atoms with van der Waals surface area (Å²) < 4.78 is 78.0. The van der Waals surface area contributed by atoms with Gasteiger partial charge in [-0.2, -0.15) is 13.2 Å². The Labute approximate surface area is 216 Å². The Kier molecular flexibility index (Phi) is 8.69. The fourth-order valence-corrected chi connectivity index (χ4v) is 4.63. The van der Waals surface area contributed by atoms with E-state index < -0.39 is 45.9 Å². The standard InChI is InChI=1S/C24H22ClF3N2O6S/c1-35-20-10-8-15(12-21(20)36-2)37(33,34)29-13-22(31)30-19-9-7-14(25)11-17(19)23(32)16-5-3-4-6-18(16)24(26,27)28/h3-12,23,29,32H,13H2,1-2H3,(H,30,31). The third-order valence-electron chi connectivity index (χ3n) is 5.23. The van der Waals surface area contributed by atoms with Gasteiger partial charge in [0.15, 0.2) is 11.5 Å². The number of anilines is 1. The third-order valence-corrected chi connectivity index (χ3v) is 6.87. The number of rotatable bonds is 9. The quantitative estimate of drug-likeness (QED) is 0.359. The predicted octanol–water partition coefficient (Wildman–Crippen LogP) is 4.37. The van der Waals surface area contributed by atoms with Gasteiger partial charge in [-0.15, -0.1) is 0 Å². The second-order valence-corrected chi connectivity index (χ2v) is 9.81. The number of sulfonamides is 1. The van der Waals surface area contributed by atoms with Crippen molar-refractivity contribution in [2.75, 3.05) is 26.1 Å². The summed E-state index contributed by atoms with van der Waals surface area (Å²) in [5.74, 6) is -0.377. The van der Waals surface area contributed by atoms with Crippen LogP contribution in [0.2, 0.25) is 5.02 Å². The minimum atomic E-state index is -4.73. The lowest BCUT2D eigenvalue weighted by Gasteiger charge is -2.21. The molecule has 0 aliphatic carbocycles. The first-order valence-corrected chi connectivity index (χ1v) is 12.4. The fraction of sp³-hybridized carbons (Fsp3) is 0.208. The number of carbonyl (C=O) groups excluding carboxylic acids is 1. The van der Waals surface area contributed by atoms with Crippen LogP contribution < -0.4 is 19.5 Å². The van der Waals surface area contributed by atoms with Crippen molar-refractivity contribution in [2.24, 2.45) is 0 Å². The number of halogens is 4. The zero-order valence-electron chi connectivity index (χ0n) is 19.5. The molecule has 0 heterocycles. The van der Waals surface area contributed by atoms with Crippen LogP contribution in [-0.2, 0) is 21.0 Å². The number of amides is 1. The van der Waals surface area contributed by atoms with Gasteiger partial charge in [0.1, 0.15) is 6.10 Å². The summed E-state index contributed by atoms with van der Waals surface area (Å²) in [6.07, 6.45) is -6.53. The monoisotopic (exact) mass is 558 g/mol. The molecule has 1 unspecified atom stereocenters. The molecule has 0 radical (unpaired) electrons. The number of hydrogen-bond acceptors (Lipinski definition) is 6. The lowest BCUT2D eigenvalue weighted by Crippen LogP contribution is -2.33. The van der Waals surface area contributed by atoms with Crippen LogP contribution in [-0.4, -0.2) is 40.2 Å². The molecule has 0 fully saturated rings. The molecule has 8 nitrogen and oxygen atoms in total. The van der Waals surface area contributed by atoms with Crippen LogP contribution >= 0.6 is 11.6 Å². The van der Waals surface area contributed by atoms with Crippen molar-refractivity contribution in [3.63, 3.8) is 0 Å². The third kappa shape index (κ3) is 6.72. The van der Waals surface area contributed by atoms with E-state index in [4.69, 9.17) is 21.1 Å². The minimum absolute atomic E-state index is 0.0517. The van der Waals surface area contributed by atoms with Crippen LogP contribution in [0.1, 0.15) is 22.8 Å². The molecule has 1 atom stereocenters. The number of carbonyl (C=O) groups is 1. The fourth-order valence-electron chi connectivity index (χ4n) is 3.46. The van der Waals surface area contributed by atoms with E-state index in [1.165, 1.54) is 62.8 Å². The Morgan fingerprint density at radius 1 is 1.00 bits per heavy atom. The lowest BCUT2D eigenvalue weighted by molar-refractivity contribution is -0.139. The molecule has 37 heavy (non-hydrogen) atoms. The van der Waals surface area contributed by atoms with Crippen LogP contribution in [0.25, 0.3) is 0 Å². The summed E-state index contributed by atoms with van der Waals surface area (Å²) in [6.45, 7) is -0.714. The number of benzene rings is 3. The molecule has 0 aliphatic heterocycles. The van der Waals surface area contributed by atoms with Gasteiger partial charge in [-0.1, -0.05) is 29.8 Å². The molecule has 0 saturated carbocycles. The largest absolute Gasteiger partial charge is 0.493 e. The van der Waals surface area contributed by atoms with E-state index in [2.05, 4.69) is 10.0 Å². The molecule has 198 valence electrons. The predicted molar refractivity (Wildman–Crippen MR) is 130 cm³/mol. The summed E-state index contributed by atoms with van der Waals surface area (Å²) in [7, 11) is -1.42.